The Morgan fingerprint density at radius 2 is 2.03 bits per heavy atom. The SMILES string of the molecule is COc1cc(CN(C)C(=O)c2sc3ncnc(NCC4CCC(C(F)F)CC4)c3c2C)ccn1. The Hall–Kier alpha value is -2.88. The zero-order valence-corrected chi connectivity index (χ0v) is 20.4. The van der Waals surface area contributed by atoms with Crippen molar-refractivity contribution in [1.29, 1.82) is 0 Å². The van der Waals surface area contributed by atoms with E-state index in [-0.39, 0.29) is 5.91 Å². The number of aryl methyl sites for hydroxylation is 1. The largest absolute Gasteiger partial charge is 0.481 e. The highest BCUT2D eigenvalue weighted by Crippen LogP contribution is 2.36. The Bertz CT molecular complexity index is 1150. The minimum Gasteiger partial charge on any atom is -0.481 e. The molecule has 1 amide bonds. The van der Waals surface area contributed by atoms with Crippen molar-refractivity contribution in [1.82, 2.24) is 19.9 Å². The lowest BCUT2D eigenvalue weighted by atomic mass is 9.82. The third kappa shape index (κ3) is 5.27. The van der Waals surface area contributed by atoms with Crippen LogP contribution in [0.15, 0.2) is 24.7 Å². The van der Waals surface area contributed by atoms with Gasteiger partial charge in [0.25, 0.3) is 5.91 Å². The van der Waals surface area contributed by atoms with E-state index in [1.165, 1.54) is 17.7 Å². The van der Waals surface area contributed by atoms with Gasteiger partial charge in [0.1, 0.15) is 17.0 Å². The fourth-order valence-corrected chi connectivity index (χ4v) is 5.62. The predicted molar refractivity (Wildman–Crippen MR) is 129 cm³/mol. The third-order valence-electron chi connectivity index (χ3n) is 6.50. The van der Waals surface area contributed by atoms with Crippen LogP contribution in [0.4, 0.5) is 14.6 Å². The minimum absolute atomic E-state index is 0.0902. The molecule has 3 aromatic heterocycles. The van der Waals surface area contributed by atoms with Gasteiger partial charge in [0.05, 0.1) is 17.4 Å². The predicted octanol–water partition coefficient (Wildman–Crippen LogP) is 5.16. The molecule has 1 N–H and O–H groups in total. The number of carbonyl (C=O) groups excluding carboxylic acids is 1. The molecule has 10 heteroatoms. The maximum Gasteiger partial charge on any atom is 0.264 e. The van der Waals surface area contributed by atoms with Gasteiger partial charge in [0, 0.05) is 38.3 Å². The molecule has 0 saturated heterocycles. The van der Waals surface area contributed by atoms with Crippen LogP contribution in [-0.4, -0.2) is 52.9 Å². The van der Waals surface area contributed by atoms with Gasteiger partial charge in [-0.2, -0.15) is 0 Å². The lowest BCUT2D eigenvalue weighted by Gasteiger charge is -2.28. The van der Waals surface area contributed by atoms with Crippen LogP contribution in [0.25, 0.3) is 10.2 Å². The summed E-state index contributed by atoms with van der Waals surface area (Å²) in [4.78, 5) is 29.2. The van der Waals surface area contributed by atoms with E-state index < -0.39 is 12.3 Å². The van der Waals surface area contributed by atoms with Crippen LogP contribution < -0.4 is 10.1 Å². The van der Waals surface area contributed by atoms with E-state index in [2.05, 4.69) is 20.3 Å². The van der Waals surface area contributed by atoms with Crippen molar-refractivity contribution < 1.29 is 18.3 Å². The number of alkyl halides is 2. The highest BCUT2D eigenvalue weighted by atomic mass is 32.1. The summed E-state index contributed by atoms with van der Waals surface area (Å²) >= 11 is 1.35. The first-order valence-corrected chi connectivity index (χ1v) is 12.2. The second kappa shape index (κ2) is 10.6. The highest BCUT2D eigenvalue weighted by Gasteiger charge is 2.28. The second-order valence-corrected chi connectivity index (χ2v) is 9.82. The Balaban J connectivity index is 1.47. The number of amides is 1. The van der Waals surface area contributed by atoms with Crippen molar-refractivity contribution in [3.05, 3.63) is 40.7 Å². The van der Waals surface area contributed by atoms with Crippen LogP contribution in [-0.2, 0) is 6.54 Å². The molecule has 3 heterocycles. The monoisotopic (exact) mass is 489 g/mol. The van der Waals surface area contributed by atoms with Gasteiger partial charge in [-0.15, -0.1) is 11.3 Å². The number of pyridine rings is 1. The lowest BCUT2D eigenvalue weighted by molar-refractivity contribution is 0.0478. The molecule has 1 aliphatic carbocycles. The van der Waals surface area contributed by atoms with Crippen molar-refractivity contribution >= 4 is 33.3 Å². The number of carbonyl (C=O) groups is 1. The zero-order valence-electron chi connectivity index (χ0n) is 19.6. The number of nitrogens with zero attached hydrogens (tertiary/aromatic N) is 4. The fraction of sp³-hybridized carbons (Fsp3) is 0.500. The molecule has 1 saturated carbocycles. The van der Waals surface area contributed by atoms with E-state index >= 15 is 0 Å². The van der Waals surface area contributed by atoms with Crippen molar-refractivity contribution in [2.45, 2.75) is 45.6 Å². The molecule has 0 radical (unpaired) electrons. The summed E-state index contributed by atoms with van der Waals surface area (Å²) in [5, 5.41) is 4.24. The van der Waals surface area contributed by atoms with Gasteiger partial charge in [-0.1, -0.05) is 0 Å². The molecular formula is C24H29F2N5O2S. The van der Waals surface area contributed by atoms with Gasteiger partial charge in [-0.05, 0) is 55.7 Å². The quantitative estimate of drug-likeness (QED) is 0.471. The number of hydrogen-bond donors (Lipinski definition) is 1. The number of methoxy groups -OCH3 is 1. The number of aromatic nitrogens is 3. The summed E-state index contributed by atoms with van der Waals surface area (Å²) in [5.74, 6) is 0.969. The molecule has 0 aliphatic heterocycles. The molecule has 7 nitrogen and oxygen atoms in total. The standard InChI is InChI=1S/C24H29F2N5O2S/c1-14-19-22(28-11-15-4-6-17(7-5-15)21(25)26)29-13-30-23(19)34-20(14)24(32)31(2)12-16-8-9-27-18(10-16)33-3/h8-10,13,15,17,21H,4-7,11-12H2,1-3H3,(H,28,29,30). The molecule has 0 bridgehead atoms. The molecule has 34 heavy (non-hydrogen) atoms. The fourth-order valence-electron chi connectivity index (χ4n) is 4.47. The third-order valence-corrected chi connectivity index (χ3v) is 7.69. The minimum atomic E-state index is -2.22. The van der Waals surface area contributed by atoms with Gasteiger partial charge in [-0.25, -0.2) is 23.7 Å². The van der Waals surface area contributed by atoms with Crippen molar-refractivity contribution in [3.63, 3.8) is 0 Å². The molecule has 0 unspecified atom stereocenters. The Labute approximate surface area is 201 Å². The summed E-state index contributed by atoms with van der Waals surface area (Å²) < 4.78 is 31.0. The van der Waals surface area contributed by atoms with Gasteiger partial charge >= 0.3 is 0 Å². The Morgan fingerprint density at radius 3 is 2.74 bits per heavy atom. The average molecular weight is 490 g/mol. The first-order chi connectivity index (χ1) is 16.4. The van der Waals surface area contributed by atoms with E-state index in [4.69, 9.17) is 4.74 Å². The number of ether oxygens (including phenoxy) is 1. The van der Waals surface area contributed by atoms with E-state index in [9.17, 15) is 13.6 Å². The van der Waals surface area contributed by atoms with Gasteiger partial charge < -0.3 is 15.0 Å². The van der Waals surface area contributed by atoms with Gasteiger partial charge in [0.2, 0.25) is 12.3 Å². The van der Waals surface area contributed by atoms with Crippen molar-refractivity contribution in [2.24, 2.45) is 11.8 Å². The first-order valence-electron chi connectivity index (χ1n) is 11.4. The van der Waals surface area contributed by atoms with E-state index in [1.807, 2.05) is 19.1 Å². The number of hydrogen-bond acceptors (Lipinski definition) is 7. The van der Waals surface area contributed by atoms with Crippen LogP contribution in [0.5, 0.6) is 5.88 Å². The van der Waals surface area contributed by atoms with E-state index in [0.717, 1.165) is 34.2 Å². The smallest absolute Gasteiger partial charge is 0.264 e. The number of rotatable bonds is 8. The summed E-state index contributed by atoms with van der Waals surface area (Å²) in [6.45, 7) is 3.01. The molecular weight excluding hydrogens is 460 g/mol. The average Bonchev–Trinajstić information content (AvgIpc) is 3.19. The molecule has 4 rings (SSSR count). The molecule has 0 spiro atoms. The van der Waals surface area contributed by atoms with Gasteiger partial charge in [-0.3, -0.25) is 4.79 Å². The number of thiophene rings is 1. The maximum absolute atomic E-state index is 13.3. The van der Waals surface area contributed by atoms with Gasteiger partial charge in [0.15, 0.2) is 0 Å². The van der Waals surface area contributed by atoms with E-state index in [1.54, 1.807) is 25.3 Å². The summed E-state index contributed by atoms with van der Waals surface area (Å²) in [7, 11) is 3.32. The molecule has 1 fully saturated rings. The molecule has 182 valence electrons. The lowest BCUT2D eigenvalue weighted by Crippen LogP contribution is -2.26. The molecule has 1 aliphatic rings. The maximum atomic E-state index is 13.3. The normalized spacial score (nSPS) is 18.3. The van der Waals surface area contributed by atoms with Crippen LogP contribution in [0.1, 0.15) is 46.5 Å². The molecule has 3 aromatic rings. The topological polar surface area (TPSA) is 80.2 Å². The summed E-state index contributed by atoms with van der Waals surface area (Å²) in [6.07, 6.45) is 3.63. The summed E-state index contributed by atoms with van der Waals surface area (Å²) in [6, 6.07) is 3.66. The zero-order chi connectivity index (χ0) is 24.2. The van der Waals surface area contributed by atoms with Crippen LogP contribution in [0.2, 0.25) is 0 Å². The molecule has 0 atom stereocenters. The number of anilines is 1. The van der Waals surface area contributed by atoms with Crippen molar-refractivity contribution in [2.75, 3.05) is 26.0 Å². The summed E-state index contributed by atoms with van der Waals surface area (Å²) in [5.41, 5.74) is 1.76. The highest BCUT2D eigenvalue weighted by molar-refractivity contribution is 7.20. The Morgan fingerprint density at radius 1 is 1.26 bits per heavy atom. The second-order valence-electron chi connectivity index (χ2n) is 8.82. The van der Waals surface area contributed by atoms with Crippen molar-refractivity contribution in [3.8, 4) is 5.88 Å². The van der Waals surface area contributed by atoms with Crippen LogP contribution in [0.3, 0.4) is 0 Å². The number of nitrogens with one attached hydrogen (secondary N) is 1. The number of halogens is 2. The molecule has 0 aromatic carbocycles. The Kier molecular flexibility index (Phi) is 7.55. The first kappa shape index (κ1) is 24.3. The van der Waals surface area contributed by atoms with Crippen LogP contribution in [0, 0.1) is 18.8 Å². The number of fused-ring (bicyclic) bond motifs is 1. The van der Waals surface area contributed by atoms with Crippen LogP contribution >= 0.6 is 11.3 Å². The van der Waals surface area contributed by atoms with E-state index in [0.29, 0.717) is 48.4 Å².